The summed E-state index contributed by atoms with van der Waals surface area (Å²) in [7, 11) is 2.38. The van der Waals surface area contributed by atoms with Crippen molar-refractivity contribution in [2.75, 3.05) is 27.9 Å². The van der Waals surface area contributed by atoms with Crippen molar-refractivity contribution in [2.24, 2.45) is 0 Å². The van der Waals surface area contributed by atoms with Gasteiger partial charge in [0.25, 0.3) is 0 Å². The molecule has 0 aromatic heterocycles. The Kier molecular flexibility index (Phi) is 13.4. The van der Waals surface area contributed by atoms with Gasteiger partial charge in [0.2, 0.25) is 5.82 Å². The van der Waals surface area contributed by atoms with Crippen LogP contribution < -0.4 is 0 Å². The Morgan fingerprint density at radius 2 is 0.935 bits per heavy atom. The Morgan fingerprint density at radius 3 is 1.39 bits per heavy atom. The first kappa shape index (κ1) is 28.0. The van der Waals surface area contributed by atoms with Crippen molar-refractivity contribution in [3.8, 4) is 0 Å². The van der Waals surface area contributed by atoms with E-state index in [-0.39, 0.29) is 6.61 Å². The molecular weight excluding hydrogens is 439 g/mol. The molecule has 1 rings (SSSR count). The van der Waals surface area contributed by atoms with Gasteiger partial charge in [-0.15, -0.1) is 0 Å². The quantitative estimate of drug-likeness (QED) is 0.0878. The highest BCUT2D eigenvalue weighted by molar-refractivity contribution is 6.60. The predicted octanol–water partition coefficient (Wildman–Crippen LogP) is 6.29. The zero-order valence-corrected chi connectivity index (χ0v) is 19.5. The van der Waals surface area contributed by atoms with Crippen LogP contribution in [-0.2, 0) is 24.6 Å². The highest BCUT2D eigenvalue weighted by Crippen LogP contribution is 2.24. The van der Waals surface area contributed by atoms with Crippen molar-refractivity contribution in [1.29, 1.82) is 0 Å². The Labute approximate surface area is 182 Å². The summed E-state index contributed by atoms with van der Waals surface area (Å²) in [5.41, 5.74) is -0.933. The van der Waals surface area contributed by atoms with Gasteiger partial charge in [0.1, 0.15) is 0 Å². The summed E-state index contributed by atoms with van der Waals surface area (Å²) >= 11 is 0. The fourth-order valence-electron chi connectivity index (χ4n) is 3.29. The van der Waals surface area contributed by atoms with Crippen molar-refractivity contribution < 1.29 is 40.0 Å². The molecule has 1 aromatic carbocycles. The summed E-state index contributed by atoms with van der Waals surface area (Å²) in [6.45, 7) is -0.450. The molecule has 1 aromatic rings. The summed E-state index contributed by atoms with van der Waals surface area (Å²) < 4.78 is 87.5. The molecule has 31 heavy (non-hydrogen) atoms. The summed E-state index contributed by atoms with van der Waals surface area (Å²) in [5, 5.41) is 0. The van der Waals surface area contributed by atoms with E-state index in [1.165, 1.54) is 0 Å². The molecule has 0 saturated heterocycles. The lowest BCUT2D eigenvalue weighted by atomic mass is 10.1. The van der Waals surface area contributed by atoms with Crippen LogP contribution in [0, 0.1) is 29.1 Å². The lowest BCUT2D eigenvalue weighted by Crippen LogP contribution is -2.42. The zero-order chi connectivity index (χ0) is 23.3. The highest BCUT2D eigenvalue weighted by atomic mass is 28.4. The van der Waals surface area contributed by atoms with Crippen LogP contribution in [0.25, 0.3) is 0 Å². The SMILES string of the molecule is CO[Si](CCCCCCCCCCCOCc1c(F)c(F)c(F)c(F)c1F)(OC)OC. The first-order valence-electron chi connectivity index (χ1n) is 10.6. The normalized spacial score (nSPS) is 12.0. The Balaban J connectivity index is 2.06. The number of benzene rings is 1. The van der Waals surface area contributed by atoms with Crippen LogP contribution >= 0.6 is 0 Å². The van der Waals surface area contributed by atoms with Crippen molar-refractivity contribution in [3.05, 3.63) is 34.6 Å². The second-order valence-corrected chi connectivity index (χ2v) is 10.4. The first-order chi connectivity index (χ1) is 14.8. The average Bonchev–Trinajstić information content (AvgIpc) is 2.79. The third kappa shape index (κ3) is 8.76. The third-order valence-electron chi connectivity index (χ3n) is 5.25. The lowest BCUT2D eigenvalue weighted by Gasteiger charge is -2.24. The molecule has 0 saturated carbocycles. The third-order valence-corrected chi connectivity index (χ3v) is 8.08. The molecule has 0 bridgehead atoms. The van der Waals surface area contributed by atoms with E-state index < -0.39 is 50.1 Å². The maximum Gasteiger partial charge on any atom is 0.500 e. The van der Waals surface area contributed by atoms with Crippen molar-refractivity contribution in [3.63, 3.8) is 0 Å². The van der Waals surface area contributed by atoms with Gasteiger partial charge in [0.05, 0.1) is 12.2 Å². The van der Waals surface area contributed by atoms with Gasteiger partial charge in [-0.3, -0.25) is 0 Å². The highest BCUT2D eigenvalue weighted by Gasteiger charge is 2.36. The van der Waals surface area contributed by atoms with Gasteiger partial charge in [-0.1, -0.05) is 44.9 Å². The monoisotopic (exact) mass is 472 g/mol. The fraction of sp³-hybridized carbons (Fsp3) is 0.714. The smallest absolute Gasteiger partial charge is 0.377 e. The summed E-state index contributed by atoms with van der Waals surface area (Å²) in [6, 6.07) is 0.807. The minimum absolute atomic E-state index is 0.198. The van der Waals surface area contributed by atoms with Crippen LogP contribution in [0.15, 0.2) is 0 Å². The molecule has 0 unspecified atom stereocenters. The molecule has 4 nitrogen and oxygen atoms in total. The van der Waals surface area contributed by atoms with E-state index in [0.717, 1.165) is 57.4 Å². The molecule has 0 amide bonds. The number of ether oxygens (including phenoxy) is 1. The molecule has 10 heteroatoms. The van der Waals surface area contributed by atoms with E-state index in [1.807, 2.05) is 0 Å². The van der Waals surface area contributed by atoms with E-state index in [4.69, 9.17) is 18.0 Å². The summed E-state index contributed by atoms with van der Waals surface area (Å²) in [5.74, 6) is -9.73. The van der Waals surface area contributed by atoms with Gasteiger partial charge < -0.3 is 18.0 Å². The number of rotatable bonds is 17. The molecular formula is C21H33F5O4Si. The second kappa shape index (κ2) is 14.9. The minimum atomic E-state index is -2.46. The molecule has 0 heterocycles. The standard InChI is InChI=1S/C21H33F5O4Si/c1-27-31(28-2,29-3)14-12-10-8-6-4-5-7-9-11-13-30-15-16-17(22)19(24)21(26)20(25)18(16)23/h4-15H2,1-3H3. The number of unbranched alkanes of at least 4 members (excludes halogenated alkanes) is 8. The number of hydrogen-bond acceptors (Lipinski definition) is 4. The zero-order valence-electron chi connectivity index (χ0n) is 18.5. The molecule has 0 N–H and O–H groups in total. The van der Waals surface area contributed by atoms with Crippen LogP contribution in [-0.4, -0.2) is 36.7 Å². The van der Waals surface area contributed by atoms with Crippen LogP contribution in [0.5, 0.6) is 0 Å². The molecule has 0 aliphatic carbocycles. The van der Waals surface area contributed by atoms with E-state index in [1.54, 1.807) is 21.3 Å². The minimum Gasteiger partial charge on any atom is -0.377 e. The Hall–Kier alpha value is -1.07. The van der Waals surface area contributed by atoms with E-state index in [9.17, 15) is 22.0 Å². The molecule has 0 radical (unpaired) electrons. The van der Waals surface area contributed by atoms with Crippen molar-refractivity contribution in [1.82, 2.24) is 0 Å². The first-order valence-corrected chi connectivity index (χ1v) is 12.5. The topological polar surface area (TPSA) is 36.9 Å². The van der Waals surface area contributed by atoms with Gasteiger partial charge in [-0.05, 0) is 12.8 Å². The van der Waals surface area contributed by atoms with Crippen LogP contribution in [0.1, 0.15) is 63.4 Å². The molecule has 180 valence electrons. The number of halogens is 5. The maximum absolute atomic E-state index is 13.5. The van der Waals surface area contributed by atoms with Gasteiger partial charge in [0, 0.05) is 34.0 Å². The Bertz CT molecular complexity index is 622. The van der Waals surface area contributed by atoms with Gasteiger partial charge >= 0.3 is 8.80 Å². The molecule has 0 fully saturated rings. The fourth-order valence-corrected chi connectivity index (χ4v) is 5.09. The van der Waals surface area contributed by atoms with Gasteiger partial charge in [0.15, 0.2) is 23.3 Å². The van der Waals surface area contributed by atoms with Crippen LogP contribution in [0.4, 0.5) is 22.0 Å². The van der Waals surface area contributed by atoms with Crippen LogP contribution in [0.3, 0.4) is 0 Å². The summed E-state index contributed by atoms with van der Waals surface area (Å²) in [6.07, 6.45) is 9.09. The average molecular weight is 473 g/mol. The van der Waals surface area contributed by atoms with Gasteiger partial charge in [-0.2, -0.15) is 0 Å². The van der Waals surface area contributed by atoms with Crippen LogP contribution in [0.2, 0.25) is 6.04 Å². The maximum atomic E-state index is 13.5. The Morgan fingerprint density at radius 1 is 0.548 bits per heavy atom. The molecule has 0 atom stereocenters. The largest absolute Gasteiger partial charge is 0.500 e. The second-order valence-electron chi connectivity index (χ2n) is 7.33. The van der Waals surface area contributed by atoms with Gasteiger partial charge in [-0.25, -0.2) is 22.0 Å². The predicted molar refractivity (Wildman–Crippen MR) is 109 cm³/mol. The summed E-state index contributed by atoms with van der Waals surface area (Å²) in [4.78, 5) is 0. The van der Waals surface area contributed by atoms with E-state index in [2.05, 4.69) is 0 Å². The number of hydrogen-bond donors (Lipinski definition) is 0. The van der Waals surface area contributed by atoms with E-state index in [0.29, 0.717) is 6.42 Å². The molecule has 0 aliphatic rings. The van der Waals surface area contributed by atoms with Crippen molar-refractivity contribution >= 4 is 8.80 Å². The van der Waals surface area contributed by atoms with E-state index >= 15 is 0 Å². The molecule has 0 aliphatic heterocycles. The van der Waals surface area contributed by atoms with Crippen molar-refractivity contribution in [2.45, 2.75) is 70.4 Å². The molecule has 0 spiro atoms. The lowest BCUT2D eigenvalue weighted by molar-refractivity contribution is 0.110.